The van der Waals surface area contributed by atoms with Crippen molar-refractivity contribution in [3.8, 4) is 6.07 Å². The van der Waals surface area contributed by atoms with Crippen LogP contribution in [0.4, 0.5) is 0 Å². The lowest BCUT2D eigenvalue weighted by Gasteiger charge is -2.28. The van der Waals surface area contributed by atoms with E-state index in [2.05, 4.69) is 6.07 Å². The Hall–Kier alpha value is -0.0700. The van der Waals surface area contributed by atoms with Crippen molar-refractivity contribution in [1.82, 2.24) is 0 Å². The quantitative estimate of drug-likeness (QED) is 0.650. The summed E-state index contributed by atoms with van der Waals surface area (Å²) in [7, 11) is 4.05. The summed E-state index contributed by atoms with van der Waals surface area (Å²) >= 11 is 0. The predicted octanol–water partition coefficient (Wildman–Crippen LogP) is 2.36. The molecule has 1 fully saturated rings. The van der Waals surface area contributed by atoms with Crippen LogP contribution in [0, 0.1) is 16.7 Å². The third-order valence-corrected chi connectivity index (χ3v) is 3.54. The van der Waals surface area contributed by atoms with Crippen molar-refractivity contribution in [1.29, 1.82) is 5.26 Å². The van der Waals surface area contributed by atoms with E-state index < -0.39 is 10.0 Å². The molecule has 1 atom stereocenters. The van der Waals surface area contributed by atoms with Crippen molar-refractivity contribution in [2.45, 2.75) is 32.1 Å². The monoisotopic (exact) mass is 205 g/mol. The topological polar surface area (TPSA) is 40.9 Å². The van der Waals surface area contributed by atoms with Gasteiger partial charge in [-0.1, -0.05) is 19.3 Å². The van der Waals surface area contributed by atoms with Crippen LogP contribution in [0.3, 0.4) is 0 Å². The van der Waals surface area contributed by atoms with Crippen LogP contribution in [0.15, 0.2) is 0 Å². The number of nitrogens with zero attached hydrogens (tertiary/aromatic N) is 1. The van der Waals surface area contributed by atoms with Crippen molar-refractivity contribution >= 4 is 20.7 Å². The predicted molar refractivity (Wildman–Crippen MR) is 50.0 cm³/mol. The zero-order valence-corrected chi connectivity index (χ0v) is 8.46. The molecule has 0 N–H and O–H groups in total. The van der Waals surface area contributed by atoms with Gasteiger partial charge in [-0.2, -0.15) is 5.26 Å². The van der Waals surface area contributed by atoms with Gasteiger partial charge in [-0.25, -0.2) is 4.21 Å². The van der Waals surface area contributed by atoms with Gasteiger partial charge in [-0.3, -0.25) is 0 Å². The molecular weight excluding hydrogens is 194 g/mol. The highest BCUT2D eigenvalue weighted by molar-refractivity contribution is 8.08. The van der Waals surface area contributed by atoms with E-state index in [1.807, 2.05) is 0 Å². The van der Waals surface area contributed by atoms with E-state index >= 15 is 0 Å². The van der Waals surface area contributed by atoms with Crippen LogP contribution < -0.4 is 0 Å². The smallest absolute Gasteiger partial charge is 0.116 e. The summed E-state index contributed by atoms with van der Waals surface area (Å²) in [5.74, 6) is 0.338. The van der Waals surface area contributed by atoms with Crippen molar-refractivity contribution in [2.24, 2.45) is 5.41 Å². The molecule has 1 rings (SSSR count). The minimum Gasteiger partial charge on any atom is -0.243 e. The number of rotatable bonds is 2. The van der Waals surface area contributed by atoms with E-state index in [0.29, 0.717) is 5.75 Å². The van der Waals surface area contributed by atoms with Crippen LogP contribution in [0.25, 0.3) is 0 Å². The first-order valence-electron chi connectivity index (χ1n) is 4.14. The number of hydrogen-bond acceptors (Lipinski definition) is 2. The number of halogens is 1. The first-order valence-corrected chi connectivity index (χ1v) is 6.29. The molecule has 68 valence electrons. The fourth-order valence-electron chi connectivity index (χ4n) is 1.73. The van der Waals surface area contributed by atoms with E-state index in [1.54, 1.807) is 0 Å². The van der Waals surface area contributed by atoms with Crippen LogP contribution in [0.5, 0.6) is 0 Å². The molecule has 1 saturated carbocycles. The second-order valence-corrected chi connectivity index (χ2v) is 5.29. The van der Waals surface area contributed by atoms with Crippen LogP contribution in [-0.2, 0) is 10.0 Å². The summed E-state index contributed by atoms with van der Waals surface area (Å²) in [5, 5.41) is 8.95. The van der Waals surface area contributed by atoms with E-state index in [9.17, 15) is 4.21 Å². The molecule has 0 saturated heterocycles. The molecule has 0 aromatic heterocycles. The molecule has 4 heteroatoms. The average molecular weight is 206 g/mol. The number of nitriles is 1. The van der Waals surface area contributed by atoms with Crippen LogP contribution in [0.2, 0.25) is 0 Å². The van der Waals surface area contributed by atoms with Gasteiger partial charge in [-0.15, -0.1) is 0 Å². The molecule has 1 aliphatic rings. The van der Waals surface area contributed by atoms with Gasteiger partial charge in [0.1, 0.15) is 10.0 Å². The Balaban J connectivity index is 2.61. The van der Waals surface area contributed by atoms with Crippen LogP contribution in [0.1, 0.15) is 32.1 Å². The van der Waals surface area contributed by atoms with Crippen LogP contribution >= 0.6 is 10.7 Å². The van der Waals surface area contributed by atoms with Crippen molar-refractivity contribution in [3.05, 3.63) is 0 Å². The summed E-state index contributed by atoms with van der Waals surface area (Å²) in [6.07, 6.45) is 5.06. The maximum absolute atomic E-state index is 10.8. The molecule has 0 aromatic rings. The Bertz CT molecular complexity index is 218. The Morgan fingerprint density at radius 1 is 1.42 bits per heavy atom. The average Bonchev–Trinajstić information content (AvgIpc) is 2.05. The highest BCUT2D eigenvalue weighted by Gasteiger charge is 2.33. The van der Waals surface area contributed by atoms with Gasteiger partial charge in [0.25, 0.3) is 0 Å². The molecule has 12 heavy (non-hydrogen) atoms. The van der Waals surface area contributed by atoms with Crippen molar-refractivity contribution < 1.29 is 4.21 Å². The highest BCUT2D eigenvalue weighted by atomic mass is 35.7. The van der Waals surface area contributed by atoms with Gasteiger partial charge in [-0.05, 0) is 23.5 Å². The SMILES string of the molecule is N#CC1(CS(=O)Cl)CCCCC1. The largest absolute Gasteiger partial charge is 0.243 e. The fraction of sp³-hybridized carbons (Fsp3) is 0.875. The second-order valence-electron chi connectivity index (χ2n) is 3.39. The van der Waals surface area contributed by atoms with E-state index in [1.165, 1.54) is 6.42 Å². The Labute approximate surface area is 79.9 Å². The zero-order chi connectivity index (χ0) is 9.03. The van der Waals surface area contributed by atoms with Gasteiger partial charge in [0.15, 0.2) is 0 Å². The molecular formula is C8H12ClNOS. The first-order chi connectivity index (χ1) is 5.68. The van der Waals surface area contributed by atoms with E-state index in [-0.39, 0.29) is 5.41 Å². The Morgan fingerprint density at radius 3 is 2.42 bits per heavy atom. The van der Waals surface area contributed by atoms with Gasteiger partial charge < -0.3 is 0 Å². The molecule has 0 bridgehead atoms. The summed E-state index contributed by atoms with van der Waals surface area (Å²) in [6.45, 7) is 0. The molecule has 2 nitrogen and oxygen atoms in total. The standard InChI is InChI=1S/C8H12ClNOS/c9-12(11)7-8(6-10)4-2-1-3-5-8/h1-5,7H2. The van der Waals surface area contributed by atoms with E-state index in [4.69, 9.17) is 15.9 Å². The van der Waals surface area contributed by atoms with E-state index in [0.717, 1.165) is 25.7 Å². The summed E-state index contributed by atoms with van der Waals surface area (Å²) < 4.78 is 10.8. The summed E-state index contributed by atoms with van der Waals surface area (Å²) in [5.41, 5.74) is -0.384. The van der Waals surface area contributed by atoms with Gasteiger partial charge in [0, 0.05) is 0 Å². The molecule has 0 amide bonds. The van der Waals surface area contributed by atoms with Crippen molar-refractivity contribution in [3.63, 3.8) is 0 Å². The maximum Gasteiger partial charge on any atom is 0.116 e. The maximum atomic E-state index is 10.8. The lowest BCUT2D eigenvalue weighted by molar-refractivity contribution is 0.301. The Kier molecular flexibility index (Phi) is 3.54. The molecule has 0 aliphatic heterocycles. The molecule has 0 aromatic carbocycles. The van der Waals surface area contributed by atoms with Gasteiger partial charge >= 0.3 is 0 Å². The summed E-state index contributed by atoms with van der Waals surface area (Å²) in [6, 6.07) is 2.27. The Morgan fingerprint density at radius 2 is 2.00 bits per heavy atom. The number of hydrogen-bond donors (Lipinski definition) is 0. The zero-order valence-electron chi connectivity index (χ0n) is 6.88. The minimum atomic E-state index is -1.35. The van der Waals surface area contributed by atoms with Crippen LogP contribution in [-0.4, -0.2) is 9.96 Å². The minimum absolute atomic E-state index is 0.338. The summed E-state index contributed by atoms with van der Waals surface area (Å²) in [4.78, 5) is 0. The lowest BCUT2D eigenvalue weighted by Crippen LogP contribution is -2.27. The first kappa shape index (κ1) is 10.0. The van der Waals surface area contributed by atoms with Gasteiger partial charge in [0.05, 0.1) is 17.2 Å². The molecule has 1 unspecified atom stereocenters. The molecule has 0 spiro atoms. The second kappa shape index (κ2) is 4.25. The fourth-order valence-corrected chi connectivity index (χ4v) is 3.15. The third kappa shape index (κ3) is 2.46. The molecule has 0 heterocycles. The van der Waals surface area contributed by atoms with Gasteiger partial charge in [0.2, 0.25) is 0 Å². The normalized spacial score (nSPS) is 24.3. The highest BCUT2D eigenvalue weighted by Crippen LogP contribution is 2.36. The van der Waals surface area contributed by atoms with Crippen molar-refractivity contribution in [2.75, 3.05) is 5.75 Å². The molecule has 0 radical (unpaired) electrons. The third-order valence-electron chi connectivity index (χ3n) is 2.44. The lowest BCUT2D eigenvalue weighted by atomic mass is 9.77. The molecule has 1 aliphatic carbocycles.